The average Bonchev–Trinajstić information content (AvgIpc) is 2.46. The van der Waals surface area contributed by atoms with Crippen LogP contribution in [0.2, 0.25) is 0 Å². The number of hydrogen-bond donors (Lipinski definition) is 0. The predicted octanol–water partition coefficient (Wildman–Crippen LogP) is 4.45. The van der Waals surface area contributed by atoms with Crippen molar-refractivity contribution in [2.45, 2.75) is 45.6 Å². The SMILES string of the molecule is CCCCOC(CCC)c1cc2ccccc2oc1=O. The molecule has 0 spiro atoms. The molecule has 1 aromatic carbocycles. The molecule has 1 unspecified atom stereocenters. The van der Waals surface area contributed by atoms with Crippen LogP contribution in [0.3, 0.4) is 0 Å². The zero-order chi connectivity index (χ0) is 14.4. The van der Waals surface area contributed by atoms with Crippen LogP contribution >= 0.6 is 0 Å². The minimum Gasteiger partial charge on any atom is -0.422 e. The zero-order valence-corrected chi connectivity index (χ0v) is 12.2. The lowest BCUT2D eigenvalue weighted by atomic mass is 10.1. The fourth-order valence-corrected chi connectivity index (χ4v) is 2.26. The summed E-state index contributed by atoms with van der Waals surface area (Å²) in [6.07, 6.45) is 3.76. The quantitative estimate of drug-likeness (QED) is 0.553. The fourth-order valence-electron chi connectivity index (χ4n) is 2.26. The van der Waals surface area contributed by atoms with Crippen LogP contribution in [0.1, 0.15) is 51.2 Å². The Morgan fingerprint density at radius 2 is 2.00 bits per heavy atom. The lowest BCUT2D eigenvalue weighted by Gasteiger charge is -2.16. The van der Waals surface area contributed by atoms with Gasteiger partial charge in [0.2, 0.25) is 0 Å². The fraction of sp³-hybridized carbons (Fsp3) is 0.471. The summed E-state index contributed by atoms with van der Waals surface area (Å²) < 4.78 is 11.3. The Kier molecular flexibility index (Phi) is 5.36. The Morgan fingerprint density at radius 3 is 2.75 bits per heavy atom. The molecule has 3 nitrogen and oxygen atoms in total. The first-order chi connectivity index (χ1) is 9.76. The van der Waals surface area contributed by atoms with Crippen molar-refractivity contribution in [1.82, 2.24) is 0 Å². The van der Waals surface area contributed by atoms with Gasteiger partial charge in [-0.05, 0) is 25.0 Å². The largest absolute Gasteiger partial charge is 0.422 e. The molecule has 0 bridgehead atoms. The highest BCUT2D eigenvalue weighted by atomic mass is 16.5. The van der Waals surface area contributed by atoms with Crippen LogP contribution in [0.5, 0.6) is 0 Å². The number of rotatable bonds is 7. The van der Waals surface area contributed by atoms with Gasteiger partial charge in [-0.2, -0.15) is 0 Å². The van der Waals surface area contributed by atoms with E-state index in [-0.39, 0.29) is 11.7 Å². The van der Waals surface area contributed by atoms with Gasteiger partial charge < -0.3 is 9.15 Å². The molecule has 2 aromatic rings. The number of ether oxygens (including phenoxy) is 1. The molecule has 0 saturated heterocycles. The van der Waals surface area contributed by atoms with E-state index in [1.165, 1.54) is 0 Å². The Bertz CT molecular complexity index is 600. The molecule has 3 heteroatoms. The maximum absolute atomic E-state index is 12.1. The molecular formula is C17H22O3. The summed E-state index contributed by atoms with van der Waals surface area (Å²) in [5, 5.41) is 0.947. The van der Waals surface area contributed by atoms with E-state index in [0.29, 0.717) is 17.8 Å². The molecule has 0 amide bonds. The lowest BCUT2D eigenvalue weighted by molar-refractivity contribution is 0.0422. The second-order valence-corrected chi connectivity index (χ2v) is 5.03. The summed E-state index contributed by atoms with van der Waals surface area (Å²) in [5.74, 6) is 0. The highest BCUT2D eigenvalue weighted by Gasteiger charge is 2.17. The third kappa shape index (κ3) is 3.48. The molecular weight excluding hydrogens is 252 g/mol. The van der Waals surface area contributed by atoms with Crippen LogP contribution in [-0.2, 0) is 4.74 Å². The first kappa shape index (κ1) is 14.8. The van der Waals surface area contributed by atoms with Gasteiger partial charge >= 0.3 is 5.63 Å². The van der Waals surface area contributed by atoms with Gasteiger partial charge in [-0.15, -0.1) is 0 Å². The topological polar surface area (TPSA) is 39.4 Å². The normalized spacial score (nSPS) is 12.7. The van der Waals surface area contributed by atoms with E-state index in [9.17, 15) is 4.79 Å². The van der Waals surface area contributed by atoms with Gasteiger partial charge in [0.25, 0.3) is 0 Å². The standard InChI is InChI=1S/C17H22O3/c1-3-5-11-19-16(8-4-2)14-12-13-9-6-7-10-15(13)20-17(14)18/h6-7,9-10,12,16H,3-5,8,11H2,1-2H3. The van der Waals surface area contributed by atoms with Crippen molar-refractivity contribution in [2.75, 3.05) is 6.61 Å². The number of fused-ring (bicyclic) bond motifs is 1. The van der Waals surface area contributed by atoms with Crippen LogP contribution < -0.4 is 5.63 Å². The van der Waals surface area contributed by atoms with Gasteiger partial charge in [-0.3, -0.25) is 0 Å². The second kappa shape index (κ2) is 7.25. The van der Waals surface area contributed by atoms with Crippen LogP contribution in [0.4, 0.5) is 0 Å². The molecule has 1 aromatic heterocycles. The van der Waals surface area contributed by atoms with Crippen molar-refractivity contribution in [1.29, 1.82) is 0 Å². The van der Waals surface area contributed by atoms with Crippen LogP contribution in [0.15, 0.2) is 39.5 Å². The lowest BCUT2D eigenvalue weighted by Crippen LogP contribution is -2.15. The molecule has 2 rings (SSSR count). The molecule has 20 heavy (non-hydrogen) atoms. The van der Waals surface area contributed by atoms with Gasteiger partial charge in [0.1, 0.15) is 5.58 Å². The van der Waals surface area contributed by atoms with Crippen molar-refractivity contribution in [3.63, 3.8) is 0 Å². The van der Waals surface area contributed by atoms with Crippen molar-refractivity contribution < 1.29 is 9.15 Å². The van der Waals surface area contributed by atoms with E-state index < -0.39 is 0 Å². The molecule has 0 aliphatic rings. The monoisotopic (exact) mass is 274 g/mol. The second-order valence-electron chi connectivity index (χ2n) is 5.03. The van der Waals surface area contributed by atoms with E-state index in [1.807, 2.05) is 30.3 Å². The van der Waals surface area contributed by atoms with E-state index >= 15 is 0 Å². The Labute approximate surface area is 119 Å². The molecule has 1 heterocycles. The first-order valence-electron chi connectivity index (χ1n) is 7.40. The molecule has 0 N–H and O–H groups in total. The summed E-state index contributed by atoms with van der Waals surface area (Å²) in [6.45, 7) is 4.91. The van der Waals surface area contributed by atoms with E-state index in [4.69, 9.17) is 9.15 Å². The van der Waals surface area contributed by atoms with Gasteiger partial charge in [0, 0.05) is 12.0 Å². The first-order valence-corrected chi connectivity index (χ1v) is 7.40. The minimum atomic E-state index is -0.279. The molecule has 1 atom stereocenters. The Morgan fingerprint density at radius 1 is 1.20 bits per heavy atom. The van der Waals surface area contributed by atoms with Gasteiger partial charge in [-0.25, -0.2) is 4.79 Å². The number of hydrogen-bond acceptors (Lipinski definition) is 3. The number of para-hydroxylation sites is 1. The third-order valence-corrected chi connectivity index (χ3v) is 3.38. The molecule has 108 valence electrons. The summed E-state index contributed by atoms with van der Waals surface area (Å²) >= 11 is 0. The molecule has 0 fully saturated rings. The van der Waals surface area contributed by atoms with Crippen LogP contribution in [-0.4, -0.2) is 6.61 Å². The van der Waals surface area contributed by atoms with Crippen molar-refractivity contribution in [3.8, 4) is 0 Å². The molecule has 0 aliphatic carbocycles. The summed E-state index contributed by atoms with van der Waals surface area (Å²) in [6, 6.07) is 9.49. The molecule has 0 saturated carbocycles. The van der Waals surface area contributed by atoms with Gasteiger partial charge in [0.05, 0.1) is 11.7 Å². The minimum absolute atomic E-state index is 0.160. The maximum Gasteiger partial charge on any atom is 0.342 e. The summed E-state index contributed by atoms with van der Waals surface area (Å²) in [7, 11) is 0. The van der Waals surface area contributed by atoms with Crippen LogP contribution in [0, 0.1) is 0 Å². The van der Waals surface area contributed by atoms with Crippen molar-refractivity contribution >= 4 is 11.0 Å². The third-order valence-electron chi connectivity index (χ3n) is 3.38. The van der Waals surface area contributed by atoms with E-state index in [0.717, 1.165) is 31.1 Å². The zero-order valence-electron chi connectivity index (χ0n) is 12.2. The van der Waals surface area contributed by atoms with E-state index in [1.54, 1.807) is 0 Å². The maximum atomic E-state index is 12.1. The summed E-state index contributed by atoms with van der Waals surface area (Å²) in [5.41, 5.74) is 0.991. The summed E-state index contributed by atoms with van der Waals surface area (Å²) in [4.78, 5) is 12.1. The molecule has 0 radical (unpaired) electrons. The van der Waals surface area contributed by atoms with Crippen molar-refractivity contribution in [3.05, 3.63) is 46.3 Å². The van der Waals surface area contributed by atoms with Crippen molar-refractivity contribution in [2.24, 2.45) is 0 Å². The highest BCUT2D eigenvalue weighted by Crippen LogP contribution is 2.23. The van der Waals surface area contributed by atoms with Gasteiger partial charge in [0.15, 0.2) is 0 Å². The van der Waals surface area contributed by atoms with Crippen LogP contribution in [0.25, 0.3) is 11.0 Å². The smallest absolute Gasteiger partial charge is 0.342 e. The average molecular weight is 274 g/mol. The predicted molar refractivity (Wildman–Crippen MR) is 81.0 cm³/mol. The van der Waals surface area contributed by atoms with E-state index in [2.05, 4.69) is 13.8 Å². The van der Waals surface area contributed by atoms with Gasteiger partial charge in [-0.1, -0.05) is 44.9 Å². The Balaban J connectivity index is 2.31. The highest BCUT2D eigenvalue weighted by molar-refractivity contribution is 5.76. The molecule has 0 aliphatic heterocycles. The number of unbranched alkanes of at least 4 members (excludes halogenated alkanes) is 1. The Hall–Kier alpha value is -1.61. The number of benzene rings is 1.